The molecule has 0 spiro atoms. The summed E-state index contributed by atoms with van der Waals surface area (Å²) < 4.78 is 18.0. The third-order valence-corrected chi connectivity index (χ3v) is 3.90. The first-order valence-corrected chi connectivity index (χ1v) is 7.53. The summed E-state index contributed by atoms with van der Waals surface area (Å²) in [5.41, 5.74) is 0. The van der Waals surface area contributed by atoms with Crippen molar-refractivity contribution in [2.75, 3.05) is 12.8 Å². The van der Waals surface area contributed by atoms with Crippen LogP contribution in [0.2, 0.25) is 0 Å². The largest absolute Gasteiger partial charge is 0.339 e. The van der Waals surface area contributed by atoms with E-state index >= 15 is 0 Å². The molecule has 2 rings (SSSR count). The predicted molar refractivity (Wildman–Crippen MR) is 84.6 cm³/mol. The van der Waals surface area contributed by atoms with Gasteiger partial charge < -0.3 is 9.84 Å². The number of aromatic nitrogens is 2. The van der Waals surface area contributed by atoms with Crippen molar-refractivity contribution in [1.29, 1.82) is 0 Å². The lowest BCUT2D eigenvalue weighted by Crippen LogP contribution is -2.24. The Morgan fingerprint density at radius 2 is 2.05 bits per heavy atom. The highest BCUT2D eigenvalue weighted by atomic mass is 35.5. The van der Waals surface area contributed by atoms with Gasteiger partial charge in [0, 0.05) is 29.5 Å². The maximum atomic E-state index is 12.8. The van der Waals surface area contributed by atoms with Crippen molar-refractivity contribution in [2.45, 2.75) is 30.7 Å². The molecular formula is C14H19ClFN3OS. The predicted octanol–water partition coefficient (Wildman–Crippen LogP) is 3.12. The molecule has 1 aromatic heterocycles. The molecule has 0 fully saturated rings. The molecule has 116 valence electrons. The third kappa shape index (κ3) is 6.03. The van der Waals surface area contributed by atoms with Crippen LogP contribution in [-0.4, -0.2) is 29.0 Å². The van der Waals surface area contributed by atoms with E-state index < -0.39 is 0 Å². The molecule has 0 aliphatic rings. The lowest BCUT2D eigenvalue weighted by atomic mass is 10.2. The lowest BCUT2D eigenvalue weighted by molar-refractivity contribution is 0.375. The number of thioether (sulfide) groups is 1. The van der Waals surface area contributed by atoms with Gasteiger partial charge in [-0.05, 0) is 38.2 Å². The van der Waals surface area contributed by atoms with Gasteiger partial charge in [-0.15, -0.1) is 24.2 Å². The van der Waals surface area contributed by atoms with E-state index in [9.17, 15) is 4.39 Å². The van der Waals surface area contributed by atoms with E-state index in [-0.39, 0.29) is 18.2 Å². The average Bonchev–Trinajstić information content (AvgIpc) is 2.88. The molecule has 0 saturated heterocycles. The van der Waals surface area contributed by atoms with Gasteiger partial charge in [-0.1, -0.05) is 5.16 Å². The van der Waals surface area contributed by atoms with E-state index in [1.807, 2.05) is 7.05 Å². The zero-order chi connectivity index (χ0) is 14.4. The van der Waals surface area contributed by atoms with Gasteiger partial charge >= 0.3 is 0 Å². The van der Waals surface area contributed by atoms with Gasteiger partial charge in [0.25, 0.3) is 0 Å². The fourth-order valence-electron chi connectivity index (χ4n) is 1.64. The zero-order valence-electron chi connectivity index (χ0n) is 12.0. The Balaban J connectivity index is 0.00000220. The third-order valence-electron chi connectivity index (χ3n) is 2.89. The number of hydrogen-bond acceptors (Lipinski definition) is 5. The van der Waals surface area contributed by atoms with Crippen LogP contribution < -0.4 is 5.32 Å². The van der Waals surface area contributed by atoms with Gasteiger partial charge in [-0.25, -0.2) is 4.39 Å². The summed E-state index contributed by atoms with van der Waals surface area (Å²) in [6.07, 6.45) is 1.47. The van der Waals surface area contributed by atoms with Crippen molar-refractivity contribution in [2.24, 2.45) is 0 Å². The Labute approximate surface area is 134 Å². The van der Waals surface area contributed by atoms with Crippen molar-refractivity contribution in [1.82, 2.24) is 15.5 Å². The van der Waals surface area contributed by atoms with Crippen LogP contribution in [-0.2, 0) is 12.8 Å². The van der Waals surface area contributed by atoms with E-state index in [1.54, 1.807) is 23.9 Å². The first-order chi connectivity index (χ1) is 9.67. The molecular weight excluding hydrogens is 313 g/mol. The van der Waals surface area contributed by atoms with Gasteiger partial charge in [-0.3, -0.25) is 0 Å². The topological polar surface area (TPSA) is 51.0 Å². The number of nitrogens with one attached hydrogen (secondary N) is 1. The minimum absolute atomic E-state index is 0. The van der Waals surface area contributed by atoms with Crippen LogP contribution in [0, 0.1) is 5.82 Å². The molecule has 0 saturated carbocycles. The summed E-state index contributed by atoms with van der Waals surface area (Å²) in [6, 6.07) is 6.80. The lowest BCUT2D eigenvalue weighted by Gasteiger charge is -2.04. The maximum Gasteiger partial charge on any atom is 0.227 e. The summed E-state index contributed by atoms with van der Waals surface area (Å²) in [5.74, 6) is 2.00. The van der Waals surface area contributed by atoms with E-state index in [4.69, 9.17) is 4.52 Å². The molecule has 1 atom stereocenters. The molecule has 1 aromatic carbocycles. The van der Waals surface area contributed by atoms with Gasteiger partial charge in [0.05, 0.1) is 0 Å². The number of rotatable bonds is 7. The highest BCUT2D eigenvalue weighted by Gasteiger charge is 2.09. The highest BCUT2D eigenvalue weighted by molar-refractivity contribution is 7.99. The maximum absolute atomic E-state index is 12.8. The van der Waals surface area contributed by atoms with Gasteiger partial charge in [0.2, 0.25) is 5.89 Å². The minimum atomic E-state index is -0.213. The minimum Gasteiger partial charge on any atom is -0.339 e. The summed E-state index contributed by atoms with van der Waals surface area (Å²) in [7, 11) is 1.91. The van der Waals surface area contributed by atoms with Crippen molar-refractivity contribution >= 4 is 24.2 Å². The van der Waals surface area contributed by atoms with E-state index in [0.717, 1.165) is 22.9 Å². The Bertz CT molecular complexity index is 535. The molecule has 1 heterocycles. The molecule has 4 nitrogen and oxygen atoms in total. The molecule has 0 aliphatic heterocycles. The smallest absolute Gasteiger partial charge is 0.227 e. The molecule has 0 amide bonds. The molecule has 0 bridgehead atoms. The number of likely N-dealkylation sites (N-methyl/N-ethyl adjacent to an activating group) is 1. The Morgan fingerprint density at radius 3 is 2.71 bits per heavy atom. The number of nitrogens with zero attached hydrogens (tertiary/aromatic N) is 2. The molecule has 2 aromatic rings. The first kappa shape index (κ1) is 17.9. The van der Waals surface area contributed by atoms with E-state index in [2.05, 4.69) is 22.4 Å². The van der Waals surface area contributed by atoms with Crippen LogP contribution in [0.3, 0.4) is 0 Å². The standard InChI is InChI=1S/C14H18FN3OS.ClH/c1-10(16-2)9-13-17-14(19-18-13)7-8-20-12-5-3-11(15)4-6-12;/h3-6,10,16H,7-9H2,1-2H3;1H. The van der Waals surface area contributed by atoms with Crippen molar-refractivity contribution < 1.29 is 8.91 Å². The number of aryl methyl sites for hydroxylation is 1. The van der Waals surface area contributed by atoms with Gasteiger partial charge in [-0.2, -0.15) is 4.98 Å². The number of benzene rings is 1. The van der Waals surface area contributed by atoms with E-state index in [0.29, 0.717) is 18.4 Å². The van der Waals surface area contributed by atoms with Crippen molar-refractivity contribution in [3.05, 3.63) is 41.8 Å². The Hall–Kier alpha value is -1.11. The van der Waals surface area contributed by atoms with Crippen molar-refractivity contribution in [3.8, 4) is 0 Å². The van der Waals surface area contributed by atoms with Crippen LogP contribution in [0.4, 0.5) is 4.39 Å². The molecule has 21 heavy (non-hydrogen) atoms. The molecule has 0 aliphatic carbocycles. The summed E-state index contributed by atoms with van der Waals surface area (Å²) in [4.78, 5) is 5.39. The fourth-order valence-corrected chi connectivity index (χ4v) is 2.48. The molecule has 7 heteroatoms. The summed E-state index contributed by atoms with van der Waals surface area (Å²) in [5, 5.41) is 7.09. The number of halogens is 2. The van der Waals surface area contributed by atoms with Crippen molar-refractivity contribution in [3.63, 3.8) is 0 Å². The quantitative estimate of drug-likeness (QED) is 0.790. The van der Waals surface area contributed by atoms with Crippen LogP contribution in [0.1, 0.15) is 18.6 Å². The second kappa shape index (κ2) is 9.02. The number of hydrogen-bond donors (Lipinski definition) is 1. The zero-order valence-corrected chi connectivity index (χ0v) is 13.6. The Kier molecular flexibility index (Phi) is 7.71. The highest BCUT2D eigenvalue weighted by Crippen LogP contribution is 2.19. The van der Waals surface area contributed by atoms with Crippen LogP contribution in [0.15, 0.2) is 33.7 Å². The normalized spacial score (nSPS) is 12.0. The second-order valence-corrected chi connectivity index (χ2v) is 5.72. The van der Waals surface area contributed by atoms with Crippen LogP contribution >= 0.6 is 24.2 Å². The van der Waals surface area contributed by atoms with Gasteiger partial charge in [0.15, 0.2) is 5.82 Å². The van der Waals surface area contributed by atoms with E-state index in [1.165, 1.54) is 12.1 Å². The molecule has 0 radical (unpaired) electrons. The summed E-state index contributed by atoms with van der Waals surface area (Å²) >= 11 is 1.64. The fraction of sp³-hybridized carbons (Fsp3) is 0.429. The summed E-state index contributed by atoms with van der Waals surface area (Å²) in [6.45, 7) is 2.07. The molecule has 1 unspecified atom stereocenters. The Morgan fingerprint density at radius 1 is 1.33 bits per heavy atom. The second-order valence-electron chi connectivity index (χ2n) is 4.55. The van der Waals surface area contributed by atoms with Crippen LogP contribution in [0.5, 0.6) is 0 Å². The molecule has 1 N–H and O–H groups in total. The monoisotopic (exact) mass is 331 g/mol. The van der Waals surface area contributed by atoms with Crippen LogP contribution in [0.25, 0.3) is 0 Å². The SMILES string of the molecule is CNC(C)Cc1noc(CCSc2ccc(F)cc2)n1.Cl. The van der Waals surface area contributed by atoms with Gasteiger partial charge in [0.1, 0.15) is 5.82 Å². The first-order valence-electron chi connectivity index (χ1n) is 6.54. The average molecular weight is 332 g/mol.